The molecule has 94 valence electrons. The molecule has 0 bridgehead atoms. The minimum atomic E-state index is -1.37. The molecular weight excluding hydrogens is 230 g/mol. The molecular formula is C13H21NO2Si. The number of rotatable bonds is 4. The third-order valence-electron chi connectivity index (χ3n) is 2.19. The zero-order valence-corrected chi connectivity index (χ0v) is 12.1. The predicted molar refractivity (Wildman–Crippen MR) is 74.2 cm³/mol. The minimum absolute atomic E-state index is 0.249. The van der Waals surface area contributed by atoms with E-state index < -0.39 is 8.07 Å². The second kappa shape index (κ2) is 5.86. The average molecular weight is 251 g/mol. The predicted octanol–water partition coefficient (Wildman–Crippen LogP) is 3.53. The number of ether oxygens (including phenoxy) is 1. The molecule has 0 radical (unpaired) electrons. The first-order valence-corrected chi connectivity index (χ1v) is 9.64. The van der Waals surface area contributed by atoms with Crippen LogP contribution in [-0.2, 0) is 4.74 Å². The molecule has 0 N–H and O–H groups in total. The molecule has 0 aromatic heterocycles. The van der Waals surface area contributed by atoms with Crippen molar-refractivity contribution < 1.29 is 9.53 Å². The van der Waals surface area contributed by atoms with Gasteiger partial charge in [0.15, 0.2) is 0 Å². The van der Waals surface area contributed by atoms with Crippen LogP contribution >= 0.6 is 0 Å². The Bertz CT molecular complexity index is 359. The lowest BCUT2D eigenvalue weighted by Gasteiger charge is -2.28. The van der Waals surface area contributed by atoms with Crippen molar-refractivity contribution in [1.82, 2.24) is 0 Å². The van der Waals surface area contributed by atoms with E-state index in [1.54, 1.807) is 4.90 Å². The number of hydrogen-bond donors (Lipinski definition) is 0. The molecule has 4 heteroatoms. The van der Waals surface area contributed by atoms with Gasteiger partial charge in [0, 0.05) is 11.9 Å². The Morgan fingerprint density at radius 3 is 2.29 bits per heavy atom. The summed E-state index contributed by atoms with van der Waals surface area (Å²) in [6, 6.07) is 9.70. The molecule has 17 heavy (non-hydrogen) atoms. The molecule has 0 aliphatic heterocycles. The van der Waals surface area contributed by atoms with E-state index in [0.717, 1.165) is 11.9 Å². The first-order chi connectivity index (χ1) is 7.94. The van der Waals surface area contributed by atoms with Crippen molar-refractivity contribution in [1.29, 1.82) is 0 Å². The summed E-state index contributed by atoms with van der Waals surface area (Å²) >= 11 is 0. The Balaban J connectivity index is 2.91. The number of amides is 1. The van der Waals surface area contributed by atoms with Gasteiger partial charge in [-0.25, -0.2) is 4.79 Å². The smallest absolute Gasteiger partial charge is 0.413 e. The van der Waals surface area contributed by atoms with Crippen molar-refractivity contribution >= 4 is 19.9 Å². The molecule has 1 amide bonds. The summed E-state index contributed by atoms with van der Waals surface area (Å²) in [5.74, 6) is 0. The largest absolute Gasteiger partial charge is 0.449 e. The van der Waals surface area contributed by atoms with E-state index in [2.05, 4.69) is 19.6 Å². The first-order valence-electron chi connectivity index (χ1n) is 5.93. The van der Waals surface area contributed by atoms with E-state index in [4.69, 9.17) is 4.74 Å². The molecule has 3 nitrogen and oxygen atoms in total. The quantitative estimate of drug-likeness (QED) is 0.766. The molecule has 0 aliphatic rings. The van der Waals surface area contributed by atoms with E-state index in [-0.39, 0.29) is 6.09 Å². The Hall–Kier alpha value is -1.29. The van der Waals surface area contributed by atoms with Crippen molar-refractivity contribution in [3.8, 4) is 0 Å². The van der Waals surface area contributed by atoms with Gasteiger partial charge in [0.1, 0.15) is 0 Å². The van der Waals surface area contributed by atoms with Gasteiger partial charge in [-0.3, -0.25) is 4.90 Å². The normalized spacial score (nSPS) is 11.1. The fourth-order valence-electron chi connectivity index (χ4n) is 1.54. The molecule has 0 aliphatic carbocycles. The molecule has 1 aromatic carbocycles. The second-order valence-electron chi connectivity index (χ2n) is 5.18. The summed E-state index contributed by atoms with van der Waals surface area (Å²) < 4.78 is 5.11. The maximum absolute atomic E-state index is 11.9. The maximum atomic E-state index is 11.9. The van der Waals surface area contributed by atoms with Gasteiger partial charge in [-0.1, -0.05) is 37.8 Å². The van der Waals surface area contributed by atoms with Crippen molar-refractivity contribution in [3.63, 3.8) is 0 Å². The van der Waals surface area contributed by atoms with Crippen LogP contribution in [0.4, 0.5) is 10.5 Å². The summed E-state index contributed by atoms with van der Waals surface area (Å²) in [4.78, 5) is 13.7. The zero-order valence-electron chi connectivity index (χ0n) is 11.1. The monoisotopic (exact) mass is 251 g/mol. The molecule has 0 unspecified atom stereocenters. The Labute approximate surface area is 104 Å². The number of carbonyl (C=O) groups excluding carboxylic acids is 1. The van der Waals surface area contributed by atoms with Gasteiger partial charge in [0.05, 0.1) is 14.7 Å². The zero-order chi connectivity index (χ0) is 12.9. The number of benzene rings is 1. The van der Waals surface area contributed by atoms with Gasteiger partial charge in [-0.15, -0.1) is 0 Å². The molecule has 1 aromatic rings. The van der Waals surface area contributed by atoms with E-state index in [0.29, 0.717) is 6.61 Å². The highest BCUT2D eigenvalue weighted by Crippen LogP contribution is 2.17. The highest BCUT2D eigenvalue weighted by Gasteiger charge is 2.24. The summed E-state index contributed by atoms with van der Waals surface area (Å²) in [6.45, 7) is 8.95. The fraction of sp³-hybridized carbons (Fsp3) is 0.462. The second-order valence-corrected chi connectivity index (χ2v) is 10.6. The molecule has 1 rings (SSSR count). The number of para-hydroxylation sites is 1. The SMILES string of the molecule is CCOC(=O)N(C[Si](C)(C)C)c1ccccc1. The number of nitrogens with zero attached hydrogens (tertiary/aromatic N) is 1. The Kier molecular flexibility index (Phi) is 4.75. The van der Waals surface area contributed by atoms with Crippen LogP contribution < -0.4 is 4.90 Å². The summed E-state index contributed by atoms with van der Waals surface area (Å²) in [5.41, 5.74) is 0.911. The number of hydrogen-bond acceptors (Lipinski definition) is 2. The van der Waals surface area contributed by atoms with Crippen molar-refractivity contribution in [2.45, 2.75) is 26.6 Å². The van der Waals surface area contributed by atoms with Crippen LogP contribution in [0, 0.1) is 0 Å². The fourth-order valence-corrected chi connectivity index (χ4v) is 2.81. The van der Waals surface area contributed by atoms with Crippen LogP contribution in [0.2, 0.25) is 19.6 Å². The molecule has 0 spiro atoms. The van der Waals surface area contributed by atoms with E-state index in [1.807, 2.05) is 37.3 Å². The van der Waals surface area contributed by atoms with Crippen LogP contribution in [0.15, 0.2) is 30.3 Å². The number of anilines is 1. The third-order valence-corrected chi connectivity index (χ3v) is 3.45. The summed E-state index contributed by atoms with van der Waals surface area (Å²) in [5, 5.41) is 0. The topological polar surface area (TPSA) is 29.5 Å². The lowest BCUT2D eigenvalue weighted by molar-refractivity contribution is 0.160. The molecule has 0 heterocycles. The van der Waals surface area contributed by atoms with Gasteiger partial charge in [0.25, 0.3) is 0 Å². The van der Waals surface area contributed by atoms with Crippen molar-refractivity contribution in [2.75, 3.05) is 17.7 Å². The van der Waals surface area contributed by atoms with Crippen LogP contribution in [0.1, 0.15) is 6.92 Å². The van der Waals surface area contributed by atoms with Crippen molar-refractivity contribution in [2.24, 2.45) is 0 Å². The minimum Gasteiger partial charge on any atom is -0.449 e. The third kappa shape index (κ3) is 4.61. The summed E-state index contributed by atoms with van der Waals surface area (Å²) in [6.07, 6.45) is 0.525. The molecule has 0 saturated heterocycles. The van der Waals surface area contributed by atoms with Gasteiger partial charge in [-0.2, -0.15) is 0 Å². The standard InChI is InChI=1S/C13H21NO2Si/c1-5-16-13(15)14(11-17(2,3)4)12-9-7-6-8-10-12/h6-10H,5,11H2,1-4H3. The Morgan fingerprint density at radius 1 is 1.24 bits per heavy atom. The molecule has 0 fully saturated rings. The first kappa shape index (κ1) is 13.8. The van der Waals surface area contributed by atoms with E-state index >= 15 is 0 Å². The highest BCUT2D eigenvalue weighted by molar-refractivity contribution is 6.77. The van der Waals surface area contributed by atoms with Crippen LogP contribution in [0.25, 0.3) is 0 Å². The van der Waals surface area contributed by atoms with Crippen LogP contribution in [0.3, 0.4) is 0 Å². The van der Waals surface area contributed by atoms with Gasteiger partial charge >= 0.3 is 6.09 Å². The van der Waals surface area contributed by atoms with E-state index in [9.17, 15) is 4.79 Å². The van der Waals surface area contributed by atoms with E-state index in [1.165, 1.54) is 0 Å². The van der Waals surface area contributed by atoms with Crippen molar-refractivity contribution in [3.05, 3.63) is 30.3 Å². The van der Waals surface area contributed by atoms with Crippen LogP contribution in [0.5, 0.6) is 0 Å². The summed E-state index contributed by atoms with van der Waals surface area (Å²) in [7, 11) is -1.37. The molecule has 0 saturated carbocycles. The number of carbonyl (C=O) groups is 1. The van der Waals surface area contributed by atoms with Gasteiger partial charge in [-0.05, 0) is 19.1 Å². The lowest BCUT2D eigenvalue weighted by Crippen LogP contribution is -2.44. The van der Waals surface area contributed by atoms with Crippen LogP contribution in [-0.4, -0.2) is 26.9 Å². The average Bonchev–Trinajstić information content (AvgIpc) is 2.26. The lowest BCUT2D eigenvalue weighted by atomic mass is 10.3. The van der Waals surface area contributed by atoms with Gasteiger partial charge < -0.3 is 4.74 Å². The highest BCUT2D eigenvalue weighted by atomic mass is 28.3. The molecule has 0 atom stereocenters. The van der Waals surface area contributed by atoms with Gasteiger partial charge in [0.2, 0.25) is 0 Å². The maximum Gasteiger partial charge on any atom is 0.413 e. The Morgan fingerprint density at radius 2 is 1.82 bits per heavy atom.